The van der Waals surface area contributed by atoms with Gasteiger partial charge in [0.2, 0.25) is 0 Å². The minimum Gasteiger partial charge on any atom is -0.326 e. The number of nitrogens with one attached hydrogen (secondary N) is 1. The van der Waals surface area contributed by atoms with Gasteiger partial charge in [0.15, 0.2) is 5.69 Å². The first-order valence-electron chi connectivity index (χ1n) is 5.46. The molecule has 2 aromatic heterocycles. The lowest BCUT2D eigenvalue weighted by Crippen LogP contribution is -2.28. The molecule has 20 heavy (non-hydrogen) atoms. The molecular formula is C11H9F3N4O2. The van der Waals surface area contributed by atoms with Crippen molar-refractivity contribution in [1.82, 2.24) is 19.5 Å². The third kappa shape index (κ3) is 2.76. The Bertz CT molecular complexity index is 728. The summed E-state index contributed by atoms with van der Waals surface area (Å²) in [5.41, 5.74) is -2.58. The third-order valence-corrected chi connectivity index (χ3v) is 2.59. The van der Waals surface area contributed by atoms with Gasteiger partial charge in [-0.05, 0) is 6.92 Å². The Morgan fingerprint density at radius 1 is 1.30 bits per heavy atom. The van der Waals surface area contributed by atoms with Crippen LogP contribution in [0.5, 0.6) is 0 Å². The number of H-pyrrole nitrogens is 1. The average Bonchev–Trinajstić information content (AvgIpc) is 2.36. The fraction of sp³-hybridized carbons (Fsp3) is 0.273. The van der Waals surface area contributed by atoms with E-state index < -0.39 is 28.6 Å². The monoisotopic (exact) mass is 286 g/mol. The van der Waals surface area contributed by atoms with Gasteiger partial charge in [-0.2, -0.15) is 13.2 Å². The largest absolute Gasteiger partial charge is 0.433 e. The number of rotatable bonds is 2. The summed E-state index contributed by atoms with van der Waals surface area (Å²) < 4.78 is 38.7. The summed E-state index contributed by atoms with van der Waals surface area (Å²) in [5, 5.41) is 0. The summed E-state index contributed by atoms with van der Waals surface area (Å²) in [6.07, 6.45) is -1.56. The smallest absolute Gasteiger partial charge is 0.326 e. The number of aromatic nitrogens is 4. The highest BCUT2D eigenvalue weighted by Crippen LogP contribution is 2.28. The molecule has 0 aromatic carbocycles. The van der Waals surface area contributed by atoms with E-state index in [-0.39, 0.29) is 6.54 Å². The Kier molecular flexibility index (Phi) is 3.43. The van der Waals surface area contributed by atoms with E-state index in [1.165, 1.54) is 6.20 Å². The number of halogens is 3. The molecule has 0 spiro atoms. The van der Waals surface area contributed by atoms with E-state index in [0.29, 0.717) is 5.69 Å². The maximum atomic E-state index is 12.6. The Hall–Kier alpha value is -2.45. The summed E-state index contributed by atoms with van der Waals surface area (Å²) >= 11 is 0. The van der Waals surface area contributed by atoms with Gasteiger partial charge < -0.3 is 4.98 Å². The van der Waals surface area contributed by atoms with Gasteiger partial charge in [0, 0.05) is 11.8 Å². The molecule has 0 fully saturated rings. The molecule has 0 aliphatic heterocycles. The van der Waals surface area contributed by atoms with Crippen LogP contribution < -0.4 is 11.1 Å². The second-order valence-corrected chi connectivity index (χ2v) is 4.05. The quantitative estimate of drug-likeness (QED) is 0.881. The van der Waals surface area contributed by atoms with Gasteiger partial charge >= 0.3 is 6.18 Å². The molecule has 0 aliphatic rings. The van der Waals surface area contributed by atoms with Crippen LogP contribution in [0.15, 0.2) is 28.3 Å². The number of aromatic amines is 1. The zero-order valence-corrected chi connectivity index (χ0v) is 10.2. The van der Waals surface area contributed by atoms with Crippen LogP contribution in [0, 0.1) is 6.92 Å². The first-order valence-corrected chi connectivity index (χ1v) is 5.46. The second kappa shape index (κ2) is 4.91. The van der Waals surface area contributed by atoms with E-state index in [1.807, 2.05) is 0 Å². The molecule has 0 atom stereocenters. The van der Waals surface area contributed by atoms with Crippen LogP contribution in [-0.4, -0.2) is 19.5 Å². The zero-order valence-electron chi connectivity index (χ0n) is 10.2. The standard InChI is InChI=1S/C11H9F3N4O2/c1-6-9(11(12,13)14)17-5-18(10(6)20)4-7-2-16-8(19)3-15-7/h2-3,5H,4H2,1H3,(H,16,19). The van der Waals surface area contributed by atoms with Crippen LogP contribution in [0.2, 0.25) is 0 Å². The molecule has 2 heterocycles. The maximum Gasteiger partial charge on any atom is 0.433 e. The molecule has 9 heteroatoms. The lowest BCUT2D eigenvalue weighted by atomic mass is 10.2. The minimum absolute atomic E-state index is 0.0818. The lowest BCUT2D eigenvalue weighted by Gasteiger charge is -2.11. The predicted octanol–water partition coefficient (Wildman–Crippen LogP) is 0.702. The van der Waals surface area contributed by atoms with Crippen LogP contribution in [0.3, 0.4) is 0 Å². The predicted molar refractivity (Wildman–Crippen MR) is 62.2 cm³/mol. The van der Waals surface area contributed by atoms with Crippen LogP contribution in [0.25, 0.3) is 0 Å². The van der Waals surface area contributed by atoms with Crippen LogP contribution in [0.1, 0.15) is 17.0 Å². The van der Waals surface area contributed by atoms with Crippen molar-refractivity contribution in [2.75, 3.05) is 0 Å². The van der Waals surface area contributed by atoms with Gasteiger partial charge in [0.25, 0.3) is 11.1 Å². The van der Waals surface area contributed by atoms with Gasteiger partial charge in [0.05, 0.1) is 24.8 Å². The fourth-order valence-corrected chi connectivity index (χ4v) is 1.62. The summed E-state index contributed by atoms with van der Waals surface area (Å²) in [6.45, 7) is 0.983. The number of hydrogen-bond donors (Lipinski definition) is 1. The average molecular weight is 286 g/mol. The molecule has 0 saturated heterocycles. The van der Waals surface area contributed by atoms with Gasteiger partial charge in [-0.3, -0.25) is 19.1 Å². The summed E-state index contributed by atoms with van der Waals surface area (Å²) in [6, 6.07) is 0. The zero-order chi connectivity index (χ0) is 14.9. The van der Waals surface area contributed by atoms with Crippen LogP contribution >= 0.6 is 0 Å². The normalized spacial score (nSPS) is 11.6. The van der Waals surface area contributed by atoms with Gasteiger partial charge in [-0.1, -0.05) is 0 Å². The van der Waals surface area contributed by atoms with Crippen molar-refractivity contribution in [3.05, 3.63) is 56.4 Å². The first kappa shape index (κ1) is 14.0. The SMILES string of the molecule is Cc1c(C(F)(F)F)ncn(Cc2c[nH]c(=O)cn2)c1=O. The Morgan fingerprint density at radius 3 is 2.55 bits per heavy atom. The molecule has 106 valence electrons. The molecule has 0 aliphatic carbocycles. The molecule has 2 rings (SSSR count). The summed E-state index contributed by atoms with van der Waals surface area (Å²) in [7, 11) is 0. The Morgan fingerprint density at radius 2 is 2.00 bits per heavy atom. The molecule has 1 N–H and O–H groups in total. The van der Waals surface area contributed by atoms with E-state index >= 15 is 0 Å². The summed E-state index contributed by atoms with van der Waals surface area (Å²) in [4.78, 5) is 32.0. The maximum absolute atomic E-state index is 12.6. The molecule has 0 unspecified atom stereocenters. The van der Waals surface area contributed by atoms with Crippen molar-refractivity contribution >= 4 is 0 Å². The number of alkyl halides is 3. The fourth-order valence-electron chi connectivity index (χ4n) is 1.62. The minimum atomic E-state index is -4.67. The summed E-state index contributed by atoms with van der Waals surface area (Å²) in [5.74, 6) is 0. The van der Waals surface area contributed by atoms with Crippen molar-refractivity contribution in [3.63, 3.8) is 0 Å². The molecule has 2 aromatic rings. The van der Waals surface area contributed by atoms with Gasteiger partial charge in [-0.15, -0.1) is 0 Å². The van der Waals surface area contributed by atoms with E-state index in [9.17, 15) is 22.8 Å². The van der Waals surface area contributed by atoms with E-state index in [0.717, 1.165) is 24.0 Å². The highest BCUT2D eigenvalue weighted by atomic mass is 19.4. The number of nitrogens with zero attached hydrogens (tertiary/aromatic N) is 3. The molecule has 0 amide bonds. The highest BCUT2D eigenvalue weighted by Gasteiger charge is 2.35. The highest BCUT2D eigenvalue weighted by molar-refractivity contribution is 5.18. The van der Waals surface area contributed by atoms with Gasteiger partial charge in [0.1, 0.15) is 0 Å². The topological polar surface area (TPSA) is 80.6 Å². The van der Waals surface area contributed by atoms with E-state index in [4.69, 9.17) is 0 Å². The molecular weight excluding hydrogens is 277 g/mol. The van der Waals surface area contributed by atoms with Crippen molar-refractivity contribution in [3.8, 4) is 0 Å². The van der Waals surface area contributed by atoms with Crippen LogP contribution in [0.4, 0.5) is 13.2 Å². The third-order valence-electron chi connectivity index (χ3n) is 2.59. The lowest BCUT2D eigenvalue weighted by molar-refractivity contribution is -0.141. The molecule has 0 bridgehead atoms. The van der Waals surface area contributed by atoms with E-state index in [1.54, 1.807) is 0 Å². The number of hydrogen-bond acceptors (Lipinski definition) is 4. The molecule has 0 saturated carbocycles. The Balaban J connectivity index is 2.40. The molecule has 0 radical (unpaired) electrons. The van der Waals surface area contributed by atoms with Crippen molar-refractivity contribution < 1.29 is 13.2 Å². The molecule has 6 nitrogen and oxygen atoms in total. The Labute approximate surface area is 109 Å². The van der Waals surface area contributed by atoms with Crippen molar-refractivity contribution in [2.24, 2.45) is 0 Å². The second-order valence-electron chi connectivity index (χ2n) is 4.05. The van der Waals surface area contributed by atoms with Crippen LogP contribution in [-0.2, 0) is 12.7 Å². The van der Waals surface area contributed by atoms with E-state index in [2.05, 4.69) is 15.0 Å². The van der Waals surface area contributed by atoms with Gasteiger partial charge in [-0.25, -0.2) is 4.98 Å². The van der Waals surface area contributed by atoms with Crippen molar-refractivity contribution in [1.29, 1.82) is 0 Å². The first-order chi connectivity index (χ1) is 9.29. The van der Waals surface area contributed by atoms with Crippen molar-refractivity contribution in [2.45, 2.75) is 19.6 Å².